The molecule has 0 bridgehead atoms. The molecule has 6 nitrogen and oxygen atoms in total. The van der Waals surface area contributed by atoms with Gasteiger partial charge in [0, 0.05) is 12.7 Å². The maximum absolute atomic E-state index is 13.2. The standard InChI is InChI=1S/C23H23N3O3/c1-28-19-14-17-11-13-26(23(27)25-21-10-6-7-12-24-21)22(16-8-4-3-5-9-16)18(17)15-20(19)29-2/h3-10,12,14-15,22H,11,13H2,1-2H3,(H,24,25,27). The molecule has 1 atom stereocenters. The fraction of sp³-hybridized carbons (Fsp3) is 0.217. The Morgan fingerprint density at radius 2 is 1.76 bits per heavy atom. The molecule has 2 heterocycles. The van der Waals surface area contributed by atoms with Crippen molar-refractivity contribution in [3.8, 4) is 11.5 Å². The first-order chi connectivity index (χ1) is 14.2. The highest BCUT2D eigenvalue weighted by Crippen LogP contribution is 2.41. The van der Waals surface area contributed by atoms with Crippen LogP contribution in [0.5, 0.6) is 11.5 Å². The molecule has 1 N–H and O–H groups in total. The van der Waals surface area contributed by atoms with Crippen molar-refractivity contribution >= 4 is 11.8 Å². The van der Waals surface area contributed by atoms with Crippen LogP contribution in [0.15, 0.2) is 66.9 Å². The van der Waals surface area contributed by atoms with Crippen molar-refractivity contribution < 1.29 is 14.3 Å². The van der Waals surface area contributed by atoms with E-state index in [0.29, 0.717) is 23.9 Å². The number of carbonyl (C=O) groups excluding carboxylic acids is 1. The molecular formula is C23H23N3O3. The number of carbonyl (C=O) groups is 1. The van der Waals surface area contributed by atoms with E-state index in [4.69, 9.17) is 9.47 Å². The number of anilines is 1. The molecule has 0 saturated heterocycles. The third-order valence-corrected chi connectivity index (χ3v) is 5.15. The van der Waals surface area contributed by atoms with Crippen molar-refractivity contribution in [1.82, 2.24) is 9.88 Å². The number of ether oxygens (including phenoxy) is 2. The molecule has 0 radical (unpaired) electrons. The van der Waals surface area contributed by atoms with Gasteiger partial charge in [0.1, 0.15) is 5.82 Å². The Bertz CT molecular complexity index is 993. The number of amides is 2. The Kier molecular flexibility index (Phi) is 5.33. The lowest BCUT2D eigenvalue weighted by atomic mass is 9.88. The van der Waals surface area contributed by atoms with Gasteiger partial charge in [-0.05, 0) is 47.4 Å². The molecule has 6 heteroatoms. The second-order valence-electron chi connectivity index (χ2n) is 6.81. The second kappa shape index (κ2) is 8.22. The lowest BCUT2D eigenvalue weighted by Crippen LogP contribution is -2.43. The molecule has 1 aliphatic rings. The fourth-order valence-corrected chi connectivity index (χ4v) is 3.78. The molecule has 2 amide bonds. The highest BCUT2D eigenvalue weighted by molar-refractivity contribution is 5.89. The van der Waals surface area contributed by atoms with Crippen LogP contribution in [0.2, 0.25) is 0 Å². The molecule has 2 aromatic carbocycles. The molecule has 0 saturated carbocycles. The molecule has 148 valence electrons. The van der Waals surface area contributed by atoms with Crippen LogP contribution in [-0.4, -0.2) is 36.7 Å². The van der Waals surface area contributed by atoms with Crippen LogP contribution in [0, 0.1) is 0 Å². The topological polar surface area (TPSA) is 63.7 Å². The zero-order valence-electron chi connectivity index (χ0n) is 16.5. The second-order valence-corrected chi connectivity index (χ2v) is 6.81. The molecule has 29 heavy (non-hydrogen) atoms. The Morgan fingerprint density at radius 3 is 2.45 bits per heavy atom. The quantitative estimate of drug-likeness (QED) is 0.723. The smallest absolute Gasteiger partial charge is 0.323 e. The summed E-state index contributed by atoms with van der Waals surface area (Å²) in [6, 6.07) is 19.0. The number of nitrogens with zero attached hydrogens (tertiary/aromatic N) is 2. The molecule has 1 aliphatic heterocycles. The van der Waals surface area contributed by atoms with E-state index in [-0.39, 0.29) is 12.1 Å². The molecular weight excluding hydrogens is 366 g/mol. The lowest BCUT2D eigenvalue weighted by Gasteiger charge is -2.38. The van der Waals surface area contributed by atoms with E-state index >= 15 is 0 Å². The summed E-state index contributed by atoms with van der Waals surface area (Å²) in [5.74, 6) is 1.88. The average Bonchev–Trinajstić information content (AvgIpc) is 2.78. The Hall–Kier alpha value is -3.54. The minimum absolute atomic E-state index is 0.182. The number of hydrogen-bond donors (Lipinski definition) is 1. The summed E-state index contributed by atoms with van der Waals surface area (Å²) in [6.45, 7) is 0.584. The monoisotopic (exact) mass is 389 g/mol. The van der Waals surface area contributed by atoms with Gasteiger partial charge < -0.3 is 14.4 Å². The minimum atomic E-state index is -0.233. The third-order valence-electron chi connectivity index (χ3n) is 5.15. The van der Waals surface area contributed by atoms with E-state index in [0.717, 1.165) is 23.1 Å². The van der Waals surface area contributed by atoms with E-state index < -0.39 is 0 Å². The van der Waals surface area contributed by atoms with Gasteiger partial charge in [-0.2, -0.15) is 0 Å². The van der Waals surface area contributed by atoms with E-state index in [1.165, 1.54) is 0 Å². The number of methoxy groups -OCH3 is 2. The normalized spacial score (nSPS) is 15.4. The van der Waals surface area contributed by atoms with Crippen LogP contribution >= 0.6 is 0 Å². The summed E-state index contributed by atoms with van der Waals surface area (Å²) in [5.41, 5.74) is 3.23. The van der Waals surface area contributed by atoms with Crippen molar-refractivity contribution in [3.05, 3.63) is 83.6 Å². The SMILES string of the molecule is COc1cc2c(cc1OC)C(c1ccccc1)N(C(=O)Nc1ccccn1)CC2. The van der Waals surface area contributed by atoms with Gasteiger partial charge in [-0.1, -0.05) is 36.4 Å². The van der Waals surface area contributed by atoms with Gasteiger partial charge in [0.2, 0.25) is 0 Å². The van der Waals surface area contributed by atoms with Crippen molar-refractivity contribution in [2.75, 3.05) is 26.1 Å². The Balaban J connectivity index is 1.76. The van der Waals surface area contributed by atoms with Gasteiger partial charge in [-0.3, -0.25) is 5.32 Å². The molecule has 0 spiro atoms. The first kappa shape index (κ1) is 18.8. The molecule has 1 aromatic heterocycles. The largest absolute Gasteiger partial charge is 0.493 e. The first-order valence-electron chi connectivity index (χ1n) is 9.49. The molecule has 0 fully saturated rings. The highest BCUT2D eigenvalue weighted by atomic mass is 16.5. The number of aromatic nitrogens is 1. The van der Waals surface area contributed by atoms with Gasteiger partial charge in [-0.25, -0.2) is 9.78 Å². The number of hydrogen-bond acceptors (Lipinski definition) is 4. The number of rotatable bonds is 4. The lowest BCUT2D eigenvalue weighted by molar-refractivity contribution is 0.193. The first-order valence-corrected chi connectivity index (χ1v) is 9.49. The van der Waals surface area contributed by atoms with Crippen molar-refractivity contribution in [2.45, 2.75) is 12.5 Å². The number of pyridine rings is 1. The van der Waals surface area contributed by atoms with Crippen LogP contribution in [0.25, 0.3) is 0 Å². The van der Waals surface area contributed by atoms with Crippen LogP contribution in [-0.2, 0) is 6.42 Å². The summed E-state index contributed by atoms with van der Waals surface area (Å²) < 4.78 is 11.0. The number of fused-ring (bicyclic) bond motifs is 1. The van der Waals surface area contributed by atoms with Gasteiger partial charge >= 0.3 is 6.03 Å². The van der Waals surface area contributed by atoms with Crippen molar-refractivity contribution in [2.24, 2.45) is 0 Å². The van der Waals surface area contributed by atoms with E-state index in [9.17, 15) is 4.79 Å². The predicted octanol–water partition coefficient (Wildman–Crippen LogP) is 4.28. The zero-order valence-corrected chi connectivity index (χ0v) is 16.5. The number of urea groups is 1. The maximum Gasteiger partial charge on any atom is 0.323 e. The molecule has 1 unspecified atom stereocenters. The van der Waals surface area contributed by atoms with Crippen LogP contribution < -0.4 is 14.8 Å². The number of benzene rings is 2. The van der Waals surface area contributed by atoms with Gasteiger partial charge in [-0.15, -0.1) is 0 Å². The number of nitrogens with one attached hydrogen (secondary N) is 1. The van der Waals surface area contributed by atoms with Crippen LogP contribution in [0.4, 0.5) is 10.6 Å². The Labute approximate surface area is 170 Å². The summed E-state index contributed by atoms with van der Waals surface area (Å²) in [4.78, 5) is 19.2. The summed E-state index contributed by atoms with van der Waals surface area (Å²) >= 11 is 0. The zero-order chi connectivity index (χ0) is 20.2. The van der Waals surface area contributed by atoms with Crippen molar-refractivity contribution in [1.29, 1.82) is 0 Å². The van der Waals surface area contributed by atoms with Crippen molar-refractivity contribution in [3.63, 3.8) is 0 Å². The fourth-order valence-electron chi connectivity index (χ4n) is 3.78. The summed E-state index contributed by atoms with van der Waals surface area (Å²) in [6.07, 6.45) is 2.39. The maximum atomic E-state index is 13.2. The molecule has 0 aliphatic carbocycles. The molecule has 3 aromatic rings. The van der Waals surface area contributed by atoms with E-state index in [1.807, 2.05) is 59.5 Å². The van der Waals surface area contributed by atoms with E-state index in [1.54, 1.807) is 26.5 Å². The van der Waals surface area contributed by atoms with Crippen LogP contribution in [0.1, 0.15) is 22.7 Å². The average molecular weight is 389 g/mol. The molecule has 4 rings (SSSR count). The Morgan fingerprint density at radius 1 is 1.03 bits per heavy atom. The van der Waals surface area contributed by atoms with Gasteiger partial charge in [0.05, 0.1) is 20.3 Å². The highest BCUT2D eigenvalue weighted by Gasteiger charge is 2.33. The van der Waals surface area contributed by atoms with E-state index in [2.05, 4.69) is 10.3 Å². The summed E-state index contributed by atoms with van der Waals surface area (Å²) in [5, 5.41) is 2.91. The summed E-state index contributed by atoms with van der Waals surface area (Å²) in [7, 11) is 3.25. The predicted molar refractivity (Wildman–Crippen MR) is 111 cm³/mol. The minimum Gasteiger partial charge on any atom is -0.493 e. The third kappa shape index (κ3) is 3.74. The van der Waals surface area contributed by atoms with Gasteiger partial charge in [0.25, 0.3) is 0 Å². The van der Waals surface area contributed by atoms with Gasteiger partial charge in [0.15, 0.2) is 11.5 Å². The van der Waals surface area contributed by atoms with Crippen LogP contribution in [0.3, 0.4) is 0 Å².